The highest BCUT2D eigenvalue weighted by Crippen LogP contribution is 2.42. The Hall–Kier alpha value is -3.35. The zero-order valence-electron chi connectivity index (χ0n) is 13.6. The lowest BCUT2D eigenvalue weighted by atomic mass is 10.3. The Morgan fingerprint density at radius 2 is 0.962 bits per heavy atom. The molecule has 0 radical (unpaired) electrons. The fourth-order valence-corrected chi connectivity index (χ4v) is 5.29. The van der Waals surface area contributed by atoms with Crippen LogP contribution in [0, 0.1) is 0 Å². The summed E-state index contributed by atoms with van der Waals surface area (Å²) >= 11 is 0. The van der Waals surface area contributed by atoms with Gasteiger partial charge in [-0.3, -0.25) is 0 Å². The minimum absolute atomic E-state index is 0.444. The van der Waals surface area contributed by atoms with Crippen molar-refractivity contribution in [1.29, 1.82) is 0 Å². The molecule has 0 aliphatic rings. The molecule has 0 saturated carbocycles. The molecule has 5 nitrogen and oxygen atoms in total. The van der Waals surface area contributed by atoms with Gasteiger partial charge in [0.2, 0.25) is 12.2 Å². The molecule has 126 valence electrons. The van der Waals surface area contributed by atoms with Crippen molar-refractivity contribution in [3.05, 3.63) is 78.9 Å². The van der Waals surface area contributed by atoms with Crippen LogP contribution in [0.25, 0.3) is 0 Å². The van der Waals surface area contributed by atoms with Crippen molar-refractivity contribution < 1.29 is 14.2 Å². The number of rotatable bonds is 5. The second kappa shape index (κ2) is 7.69. The summed E-state index contributed by atoms with van der Waals surface area (Å²) in [7, 11) is -3.13. The van der Waals surface area contributed by atoms with E-state index in [9.17, 15) is 14.2 Å². The van der Waals surface area contributed by atoms with Crippen LogP contribution in [0.2, 0.25) is 0 Å². The second-order valence-electron chi connectivity index (χ2n) is 5.38. The lowest BCUT2D eigenvalue weighted by Crippen LogP contribution is -2.24. The molecule has 0 aliphatic heterocycles. The quantitative estimate of drug-likeness (QED) is 0.398. The normalized spacial score (nSPS) is 12.3. The average molecular weight is 360 g/mol. The lowest BCUT2D eigenvalue weighted by molar-refractivity contribution is 0.564. The third-order valence-electron chi connectivity index (χ3n) is 3.90. The fourth-order valence-electron chi connectivity index (χ4n) is 2.66. The Labute approximate surface area is 150 Å². The maximum atomic E-state index is 14.1. The molecular formula is C20H13N2O3P. The molecule has 0 aliphatic carbocycles. The van der Waals surface area contributed by atoms with Crippen LogP contribution in [0.1, 0.15) is 0 Å². The Morgan fingerprint density at radius 1 is 0.577 bits per heavy atom. The highest BCUT2D eigenvalue weighted by molar-refractivity contribution is 7.85. The van der Waals surface area contributed by atoms with E-state index in [1.54, 1.807) is 48.5 Å². The van der Waals surface area contributed by atoms with E-state index in [4.69, 9.17) is 0 Å². The smallest absolute Gasteiger partial charge is 0.240 e. The molecule has 0 heterocycles. The molecular weight excluding hydrogens is 347 g/mol. The van der Waals surface area contributed by atoms with Crippen molar-refractivity contribution >= 4 is 46.6 Å². The first-order valence-electron chi connectivity index (χ1n) is 7.71. The third kappa shape index (κ3) is 3.37. The maximum absolute atomic E-state index is 14.1. The predicted octanol–water partition coefficient (Wildman–Crippen LogP) is 3.26. The zero-order valence-corrected chi connectivity index (χ0v) is 14.5. The molecule has 0 fully saturated rings. The van der Waals surface area contributed by atoms with E-state index in [1.807, 2.05) is 30.3 Å². The van der Waals surface area contributed by atoms with Gasteiger partial charge in [0.25, 0.3) is 0 Å². The molecule has 3 rings (SSSR count). The van der Waals surface area contributed by atoms with Crippen molar-refractivity contribution in [3.63, 3.8) is 0 Å². The van der Waals surface area contributed by atoms with Gasteiger partial charge < -0.3 is 4.57 Å². The first-order valence-corrected chi connectivity index (χ1v) is 9.42. The minimum atomic E-state index is -3.13. The Bertz CT molecular complexity index is 983. The number of hydrogen-bond acceptors (Lipinski definition) is 5. The van der Waals surface area contributed by atoms with E-state index in [-0.39, 0.29) is 0 Å². The number of aliphatic imine (C=N–C) groups is 2. The van der Waals surface area contributed by atoms with Crippen LogP contribution in [0.3, 0.4) is 0 Å². The topological polar surface area (TPSA) is 75.9 Å². The van der Waals surface area contributed by atoms with E-state index in [0.29, 0.717) is 27.3 Å². The first-order chi connectivity index (χ1) is 12.7. The molecule has 3 aromatic rings. The van der Waals surface area contributed by atoms with Crippen LogP contribution in [-0.2, 0) is 14.2 Å². The molecule has 0 atom stereocenters. The van der Waals surface area contributed by atoms with Gasteiger partial charge in [0.05, 0.1) is 11.4 Å². The van der Waals surface area contributed by atoms with Crippen LogP contribution < -0.4 is 15.9 Å². The van der Waals surface area contributed by atoms with E-state index in [0.717, 1.165) is 0 Å². The summed E-state index contributed by atoms with van der Waals surface area (Å²) in [6, 6.07) is 22.4. The molecule has 0 aromatic heterocycles. The molecule has 0 spiro atoms. The third-order valence-corrected chi connectivity index (χ3v) is 6.97. The van der Waals surface area contributed by atoms with Gasteiger partial charge in [-0.1, -0.05) is 30.3 Å². The first kappa shape index (κ1) is 17.5. The summed E-state index contributed by atoms with van der Waals surface area (Å²) in [5.74, 6) is 0. The SMILES string of the molecule is O=C=Nc1ccc(P(=O)(c2ccccc2)c2ccc(N=C=O)cc2)cc1. The summed E-state index contributed by atoms with van der Waals surface area (Å²) in [5.41, 5.74) is 0.887. The number of isocyanates is 2. The van der Waals surface area contributed by atoms with Crippen LogP contribution in [0.15, 0.2) is 88.8 Å². The fraction of sp³-hybridized carbons (Fsp3) is 0. The molecule has 0 bridgehead atoms. The number of nitrogens with zero attached hydrogens (tertiary/aromatic N) is 2. The Balaban J connectivity index is 2.18. The van der Waals surface area contributed by atoms with Crippen molar-refractivity contribution in [2.75, 3.05) is 0 Å². The van der Waals surface area contributed by atoms with Gasteiger partial charge in [0.15, 0.2) is 7.14 Å². The molecule has 6 heteroatoms. The molecule has 26 heavy (non-hydrogen) atoms. The summed E-state index contributed by atoms with van der Waals surface area (Å²) in [5, 5.41) is 1.90. The minimum Gasteiger partial charge on any atom is -0.309 e. The van der Waals surface area contributed by atoms with Gasteiger partial charge >= 0.3 is 0 Å². The second-order valence-corrected chi connectivity index (χ2v) is 8.15. The van der Waals surface area contributed by atoms with Gasteiger partial charge in [-0.25, -0.2) is 9.59 Å². The monoisotopic (exact) mass is 360 g/mol. The summed E-state index contributed by atoms with van der Waals surface area (Å²) in [6.45, 7) is 0. The van der Waals surface area contributed by atoms with Crippen molar-refractivity contribution in [1.82, 2.24) is 0 Å². The van der Waals surface area contributed by atoms with Crippen LogP contribution in [0.4, 0.5) is 11.4 Å². The molecule has 0 saturated heterocycles. The molecule has 0 unspecified atom stereocenters. The predicted molar refractivity (Wildman–Crippen MR) is 101 cm³/mol. The summed E-state index contributed by atoms with van der Waals surface area (Å²) in [6.07, 6.45) is 2.98. The summed E-state index contributed by atoms with van der Waals surface area (Å²) < 4.78 is 14.1. The average Bonchev–Trinajstić information content (AvgIpc) is 2.70. The standard InChI is InChI=1S/C20H13N2O3P/c23-14-21-16-6-10-19(11-7-16)26(25,18-4-2-1-3-5-18)20-12-8-17(9-13-20)22-15-24/h1-13H. The van der Waals surface area contributed by atoms with Crippen LogP contribution in [0.5, 0.6) is 0 Å². The number of benzene rings is 3. The van der Waals surface area contributed by atoms with Gasteiger partial charge in [0.1, 0.15) is 0 Å². The molecule has 0 amide bonds. The van der Waals surface area contributed by atoms with E-state index >= 15 is 0 Å². The Kier molecular flexibility index (Phi) is 5.17. The highest BCUT2D eigenvalue weighted by Gasteiger charge is 2.29. The molecule has 3 aromatic carbocycles. The molecule has 0 N–H and O–H groups in total. The zero-order chi connectivity index (χ0) is 18.4. The van der Waals surface area contributed by atoms with Crippen LogP contribution in [-0.4, -0.2) is 12.2 Å². The van der Waals surface area contributed by atoms with Crippen molar-refractivity contribution in [2.45, 2.75) is 0 Å². The van der Waals surface area contributed by atoms with E-state index in [1.165, 1.54) is 12.2 Å². The van der Waals surface area contributed by atoms with Gasteiger partial charge in [-0.05, 0) is 48.5 Å². The highest BCUT2D eigenvalue weighted by atomic mass is 31.2. The maximum Gasteiger partial charge on any atom is 0.240 e. The van der Waals surface area contributed by atoms with Gasteiger partial charge in [-0.15, -0.1) is 0 Å². The van der Waals surface area contributed by atoms with Crippen molar-refractivity contribution in [2.24, 2.45) is 9.98 Å². The Morgan fingerprint density at radius 3 is 1.35 bits per heavy atom. The van der Waals surface area contributed by atoms with Crippen LogP contribution >= 0.6 is 7.14 Å². The summed E-state index contributed by atoms with van der Waals surface area (Å²) in [4.78, 5) is 27.9. The van der Waals surface area contributed by atoms with Crippen molar-refractivity contribution in [3.8, 4) is 0 Å². The lowest BCUT2D eigenvalue weighted by Gasteiger charge is -2.20. The number of carbonyl (C=O) groups excluding carboxylic acids is 2. The van der Waals surface area contributed by atoms with E-state index in [2.05, 4.69) is 9.98 Å². The van der Waals surface area contributed by atoms with Gasteiger partial charge in [0, 0.05) is 15.9 Å². The van der Waals surface area contributed by atoms with E-state index < -0.39 is 7.14 Å². The number of hydrogen-bond donors (Lipinski definition) is 0. The van der Waals surface area contributed by atoms with Gasteiger partial charge in [-0.2, -0.15) is 9.98 Å². The largest absolute Gasteiger partial charge is 0.309 e.